The number of aromatic amines is 1. The normalized spacial score (nSPS) is 10.6. The number of carbonyl (C=O) groups excluding carboxylic acids is 7. The number of esters is 4. The summed E-state index contributed by atoms with van der Waals surface area (Å²) in [5, 5.41) is 5.83. The molecule has 0 aromatic carbocycles. The van der Waals surface area contributed by atoms with Crippen molar-refractivity contribution in [1.82, 2.24) is 25.6 Å². The molecule has 0 aliphatic rings. The summed E-state index contributed by atoms with van der Waals surface area (Å²) in [5.74, 6) is -2.66. The Labute approximate surface area is 366 Å². The smallest absolute Gasteiger partial charge is 0.407 e. The molecule has 22 heteroatoms. The minimum Gasteiger partial charge on any atom is -0.493 e. The Kier molecular flexibility index (Phi) is 25.4. The minimum atomic E-state index is -1.35. The standard InChI is InChI=1S/C39H49N5O14S3/c1-8-27(7)52-23-39(24-55-31(48)12-5,25-56-32(49)13-6)26-58-37(51)41-17-19-61-35-43-33(59)42-34(44-35)60-18-16-40-36(50)57-22-38(15-14-28(45)9-2,20-53-29(46)10-3)21-54-30(47)11-4/h8-13H,1-7,14-26H2,(H,40,50)(H,41,51)(H,42,43,44,59). The summed E-state index contributed by atoms with van der Waals surface area (Å²) in [6.45, 7) is 21.7. The van der Waals surface area contributed by atoms with E-state index in [-0.39, 0.29) is 81.0 Å². The zero-order valence-corrected chi connectivity index (χ0v) is 35.9. The second-order valence-electron chi connectivity index (χ2n) is 12.3. The van der Waals surface area contributed by atoms with E-state index in [4.69, 9.17) is 45.4 Å². The van der Waals surface area contributed by atoms with Crippen molar-refractivity contribution in [3.8, 4) is 0 Å². The molecule has 0 aliphatic carbocycles. The summed E-state index contributed by atoms with van der Waals surface area (Å²) in [5.41, 5.74) is -2.63. The lowest BCUT2D eigenvalue weighted by molar-refractivity contribution is -0.154. The SMILES string of the molecule is C=CC(=C)OCC(COC(=O)C=C)(COC(=O)C=C)COC(=O)NCCSc1nc(SCCNC(=O)OCC(CCC(=O)C=C)(COC(=O)C=C)COC(=O)C=C)nc(=S)[nH]1. The molecule has 0 fully saturated rings. The van der Waals surface area contributed by atoms with Crippen molar-refractivity contribution in [2.45, 2.75) is 23.2 Å². The Morgan fingerprint density at radius 3 is 1.48 bits per heavy atom. The van der Waals surface area contributed by atoms with E-state index in [0.717, 1.165) is 30.4 Å². The average Bonchev–Trinajstić information content (AvgIpc) is 3.27. The summed E-state index contributed by atoms with van der Waals surface area (Å²) in [6.07, 6.45) is 4.46. The van der Waals surface area contributed by atoms with Crippen LogP contribution in [-0.4, -0.2) is 128 Å². The van der Waals surface area contributed by atoms with Gasteiger partial charge < -0.3 is 48.8 Å². The number of ether oxygens (including phenoxy) is 7. The van der Waals surface area contributed by atoms with Gasteiger partial charge in [0.15, 0.2) is 16.1 Å². The van der Waals surface area contributed by atoms with Crippen molar-refractivity contribution in [1.29, 1.82) is 0 Å². The van der Waals surface area contributed by atoms with Gasteiger partial charge >= 0.3 is 36.1 Å². The average molecular weight is 908 g/mol. The van der Waals surface area contributed by atoms with Gasteiger partial charge in [0, 0.05) is 55.3 Å². The maximum atomic E-state index is 12.7. The number of hydrogen-bond donors (Lipinski definition) is 3. The van der Waals surface area contributed by atoms with Gasteiger partial charge in [-0.2, -0.15) is 9.97 Å². The van der Waals surface area contributed by atoms with Crippen molar-refractivity contribution in [2.75, 3.05) is 70.8 Å². The van der Waals surface area contributed by atoms with Gasteiger partial charge in [0.1, 0.15) is 57.4 Å². The van der Waals surface area contributed by atoms with E-state index in [1.54, 1.807) is 0 Å². The van der Waals surface area contributed by atoms with Gasteiger partial charge in [-0.3, -0.25) is 4.79 Å². The molecule has 0 bridgehead atoms. The van der Waals surface area contributed by atoms with E-state index in [2.05, 4.69) is 71.6 Å². The molecule has 0 unspecified atom stereocenters. The molecule has 61 heavy (non-hydrogen) atoms. The summed E-state index contributed by atoms with van der Waals surface area (Å²) in [6, 6.07) is 0. The topological polar surface area (TPSA) is 250 Å². The second kappa shape index (κ2) is 29.3. The summed E-state index contributed by atoms with van der Waals surface area (Å²) < 4.78 is 37.2. The number of nitrogens with zero attached hydrogens (tertiary/aromatic N) is 2. The van der Waals surface area contributed by atoms with Gasteiger partial charge in [-0.05, 0) is 30.8 Å². The third-order valence-electron chi connectivity index (χ3n) is 7.51. The highest BCUT2D eigenvalue weighted by Crippen LogP contribution is 2.28. The lowest BCUT2D eigenvalue weighted by atomic mass is 9.84. The monoisotopic (exact) mass is 907 g/mol. The molecule has 1 aromatic heterocycles. The van der Waals surface area contributed by atoms with Crippen LogP contribution in [0.5, 0.6) is 0 Å². The number of ketones is 1. The number of hydrogen-bond acceptors (Lipinski definition) is 19. The fourth-order valence-corrected chi connectivity index (χ4v) is 5.91. The number of alkyl carbamates (subject to hydrolysis) is 2. The molecule has 0 saturated carbocycles. The quantitative estimate of drug-likeness (QED) is 0.0133. The van der Waals surface area contributed by atoms with E-state index in [9.17, 15) is 33.6 Å². The van der Waals surface area contributed by atoms with Crippen LogP contribution in [0.3, 0.4) is 0 Å². The molecule has 0 atom stereocenters. The highest BCUT2D eigenvalue weighted by molar-refractivity contribution is 7.99. The first-order valence-corrected chi connectivity index (χ1v) is 20.3. The van der Waals surface area contributed by atoms with E-state index >= 15 is 0 Å². The molecule has 332 valence electrons. The second-order valence-corrected chi connectivity index (χ2v) is 14.9. The van der Waals surface area contributed by atoms with Crippen LogP contribution in [0.15, 0.2) is 98.6 Å². The number of thioether (sulfide) groups is 2. The van der Waals surface area contributed by atoms with Gasteiger partial charge in [-0.25, -0.2) is 28.8 Å². The maximum Gasteiger partial charge on any atom is 0.407 e. The van der Waals surface area contributed by atoms with Crippen molar-refractivity contribution >= 4 is 77.6 Å². The zero-order valence-electron chi connectivity index (χ0n) is 33.4. The fraction of sp³-hybridized carbons (Fsp3) is 0.385. The molecule has 19 nitrogen and oxygen atoms in total. The van der Waals surface area contributed by atoms with E-state index in [1.165, 1.54) is 29.6 Å². The number of nitrogens with one attached hydrogen (secondary N) is 3. The van der Waals surface area contributed by atoms with E-state index in [1.807, 2.05) is 0 Å². The predicted molar refractivity (Wildman–Crippen MR) is 227 cm³/mol. The number of amides is 2. The zero-order chi connectivity index (χ0) is 45.7. The highest BCUT2D eigenvalue weighted by atomic mass is 32.2. The van der Waals surface area contributed by atoms with Crippen LogP contribution in [0.2, 0.25) is 0 Å². The van der Waals surface area contributed by atoms with E-state index < -0.39 is 60.1 Å². The number of H-pyrrole nitrogens is 1. The molecule has 3 N–H and O–H groups in total. The van der Waals surface area contributed by atoms with Crippen LogP contribution in [0.1, 0.15) is 12.8 Å². The highest BCUT2D eigenvalue weighted by Gasteiger charge is 2.38. The summed E-state index contributed by atoms with van der Waals surface area (Å²) >= 11 is 7.61. The number of rotatable bonds is 32. The molecule has 0 spiro atoms. The molecule has 1 aromatic rings. The lowest BCUT2D eigenvalue weighted by Gasteiger charge is -2.31. The molecular weight excluding hydrogens is 859 g/mol. The molecule has 2 amide bonds. The molecule has 0 radical (unpaired) electrons. The largest absolute Gasteiger partial charge is 0.493 e. The number of aromatic nitrogens is 3. The van der Waals surface area contributed by atoms with Gasteiger partial charge in [0.05, 0.1) is 5.41 Å². The molecule has 0 aliphatic heterocycles. The van der Waals surface area contributed by atoms with Crippen LogP contribution in [0, 0.1) is 15.6 Å². The Morgan fingerprint density at radius 1 is 0.590 bits per heavy atom. The molecule has 1 heterocycles. The van der Waals surface area contributed by atoms with Crippen LogP contribution >= 0.6 is 35.7 Å². The summed E-state index contributed by atoms with van der Waals surface area (Å²) in [7, 11) is 0. The maximum absolute atomic E-state index is 12.7. The first-order valence-electron chi connectivity index (χ1n) is 17.9. The fourth-order valence-electron chi connectivity index (χ4n) is 4.13. The first-order chi connectivity index (χ1) is 29.1. The molecular formula is C39H49N5O14S3. The van der Waals surface area contributed by atoms with Crippen LogP contribution in [-0.2, 0) is 57.1 Å². The third-order valence-corrected chi connectivity index (χ3v) is 9.43. The first kappa shape index (κ1) is 53.0. The number of allylic oxidation sites excluding steroid dienone is 2. The molecule has 0 saturated heterocycles. The van der Waals surface area contributed by atoms with Crippen molar-refractivity contribution in [3.05, 3.63) is 93.0 Å². The van der Waals surface area contributed by atoms with Crippen molar-refractivity contribution < 1.29 is 66.7 Å². The van der Waals surface area contributed by atoms with Crippen molar-refractivity contribution in [2.24, 2.45) is 10.8 Å². The lowest BCUT2D eigenvalue weighted by Crippen LogP contribution is -2.44. The van der Waals surface area contributed by atoms with Crippen LogP contribution < -0.4 is 10.6 Å². The van der Waals surface area contributed by atoms with Crippen LogP contribution in [0.25, 0.3) is 0 Å². The van der Waals surface area contributed by atoms with Gasteiger partial charge in [-0.1, -0.05) is 69.6 Å². The Morgan fingerprint density at radius 2 is 1.02 bits per heavy atom. The van der Waals surface area contributed by atoms with Crippen molar-refractivity contribution in [3.63, 3.8) is 0 Å². The van der Waals surface area contributed by atoms with Gasteiger partial charge in [0.25, 0.3) is 0 Å². The van der Waals surface area contributed by atoms with Crippen LogP contribution in [0.4, 0.5) is 9.59 Å². The molecule has 1 rings (SSSR count). The minimum absolute atomic E-state index is 0.0134. The predicted octanol–water partition coefficient (Wildman–Crippen LogP) is 4.31. The summed E-state index contributed by atoms with van der Waals surface area (Å²) in [4.78, 5) is 96.1. The van der Waals surface area contributed by atoms with Gasteiger partial charge in [0.2, 0.25) is 4.77 Å². The Bertz CT molecular complexity index is 1610. The Balaban J connectivity index is 2.79. The number of carbonyl (C=O) groups is 7. The van der Waals surface area contributed by atoms with Gasteiger partial charge in [-0.15, -0.1) is 0 Å². The third kappa shape index (κ3) is 22.8. The Hall–Kier alpha value is -6.00. The van der Waals surface area contributed by atoms with E-state index in [0.29, 0.717) is 16.1 Å².